The van der Waals surface area contributed by atoms with E-state index in [4.69, 9.17) is 0 Å². The highest BCUT2D eigenvalue weighted by Crippen LogP contribution is 2.13. The molecule has 8 nitrogen and oxygen atoms in total. The average Bonchev–Trinajstić information content (AvgIpc) is 2.27. The zero-order chi connectivity index (χ0) is 13.7. The molecule has 2 atom stereocenters. The Morgan fingerprint density at radius 2 is 2.11 bits per heavy atom. The predicted molar refractivity (Wildman–Crippen MR) is 62.0 cm³/mol. The van der Waals surface area contributed by atoms with Crippen LogP contribution >= 0.6 is 0 Å². The molecule has 1 aromatic heterocycles. The van der Waals surface area contributed by atoms with Crippen LogP contribution in [0.3, 0.4) is 0 Å². The topological polar surface area (TPSA) is 135 Å². The minimum Gasteiger partial charge on any atom is -0.390 e. The Bertz CT molecular complexity index is 521. The van der Waals surface area contributed by atoms with Gasteiger partial charge in [0.25, 0.3) is 5.56 Å². The molecule has 0 aromatic carbocycles. The second-order valence-electron chi connectivity index (χ2n) is 3.81. The highest BCUT2D eigenvalue weighted by molar-refractivity contribution is 5.72. The van der Waals surface area contributed by atoms with E-state index in [1.54, 1.807) is 0 Å². The van der Waals surface area contributed by atoms with Crippen LogP contribution in [0.15, 0.2) is 15.8 Å². The average molecular weight is 257 g/mol. The fourth-order valence-electron chi connectivity index (χ4n) is 1.40. The number of aliphatic hydroxyl groups is 2. The summed E-state index contributed by atoms with van der Waals surface area (Å²) in [6.45, 7) is 1.50. The van der Waals surface area contributed by atoms with E-state index < -0.39 is 23.5 Å². The first-order valence-electron chi connectivity index (χ1n) is 5.34. The van der Waals surface area contributed by atoms with Crippen LogP contribution in [0, 0.1) is 0 Å². The van der Waals surface area contributed by atoms with Crippen LogP contribution in [0.4, 0.5) is 0 Å². The second kappa shape index (κ2) is 6.12. The largest absolute Gasteiger partial charge is 0.390 e. The number of rotatable bonds is 5. The third-order valence-corrected chi connectivity index (χ3v) is 2.35. The zero-order valence-corrected chi connectivity index (χ0v) is 9.77. The second-order valence-corrected chi connectivity index (χ2v) is 3.81. The number of carbonyl (C=O) groups is 1. The minimum atomic E-state index is -1.43. The number of H-pyrrole nitrogens is 2. The van der Waals surface area contributed by atoms with Crippen molar-refractivity contribution in [2.45, 2.75) is 25.6 Å². The van der Waals surface area contributed by atoms with Gasteiger partial charge in [0.05, 0.1) is 11.7 Å². The molecule has 5 N–H and O–H groups in total. The van der Waals surface area contributed by atoms with E-state index in [9.17, 15) is 24.6 Å². The summed E-state index contributed by atoms with van der Waals surface area (Å²) < 4.78 is 0. The molecule has 0 aliphatic heterocycles. The Hall–Kier alpha value is -1.93. The molecule has 0 saturated carbocycles. The van der Waals surface area contributed by atoms with E-state index in [-0.39, 0.29) is 24.4 Å². The molecule has 0 bridgehead atoms. The van der Waals surface area contributed by atoms with Gasteiger partial charge in [0.1, 0.15) is 6.10 Å². The number of hydrogen-bond acceptors (Lipinski definition) is 5. The number of carbonyl (C=O) groups excluding carboxylic acids is 1. The van der Waals surface area contributed by atoms with E-state index in [0.717, 1.165) is 6.20 Å². The van der Waals surface area contributed by atoms with Crippen molar-refractivity contribution in [2.75, 3.05) is 6.54 Å². The third-order valence-electron chi connectivity index (χ3n) is 2.35. The quantitative estimate of drug-likeness (QED) is 0.415. The summed E-state index contributed by atoms with van der Waals surface area (Å²) in [5, 5.41) is 21.8. The first-order chi connectivity index (χ1) is 8.41. The van der Waals surface area contributed by atoms with Gasteiger partial charge < -0.3 is 20.5 Å². The van der Waals surface area contributed by atoms with Gasteiger partial charge in [0.15, 0.2) is 0 Å². The van der Waals surface area contributed by atoms with E-state index in [1.807, 2.05) is 4.98 Å². The molecule has 1 heterocycles. The molecular weight excluding hydrogens is 242 g/mol. The fourth-order valence-corrected chi connectivity index (χ4v) is 1.40. The summed E-state index contributed by atoms with van der Waals surface area (Å²) >= 11 is 0. The maximum absolute atomic E-state index is 11.4. The number of aromatic amines is 2. The molecule has 0 radical (unpaired) electrons. The van der Waals surface area contributed by atoms with Crippen LogP contribution in [0.2, 0.25) is 0 Å². The molecule has 1 amide bonds. The Kier molecular flexibility index (Phi) is 4.81. The summed E-state index contributed by atoms with van der Waals surface area (Å²) in [5.74, 6) is -0.251. The first-order valence-corrected chi connectivity index (χ1v) is 5.34. The molecule has 8 heteroatoms. The molecule has 0 aliphatic carbocycles. The van der Waals surface area contributed by atoms with Gasteiger partial charge in [-0.25, -0.2) is 4.79 Å². The molecule has 0 aliphatic rings. The lowest BCUT2D eigenvalue weighted by Gasteiger charge is -2.17. The predicted octanol–water partition coefficient (Wildman–Crippen LogP) is -2.02. The molecule has 0 fully saturated rings. The van der Waals surface area contributed by atoms with E-state index in [0.29, 0.717) is 0 Å². The summed E-state index contributed by atoms with van der Waals surface area (Å²) in [6, 6.07) is 0. The number of amides is 1. The monoisotopic (exact) mass is 257 g/mol. The Morgan fingerprint density at radius 1 is 1.44 bits per heavy atom. The van der Waals surface area contributed by atoms with Crippen molar-refractivity contribution in [1.29, 1.82) is 0 Å². The van der Waals surface area contributed by atoms with Crippen LogP contribution in [-0.2, 0) is 4.79 Å². The Morgan fingerprint density at radius 3 is 2.67 bits per heavy atom. The molecule has 1 rings (SSSR count). The summed E-state index contributed by atoms with van der Waals surface area (Å²) in [5.41, 5.74) is -1.58. The van der Waals surface area contributed by atoms with Crippen molar-refractivity contribution >= 4 is 5.91 Å². The maximum Gasteiger partial charge on any atom is 0.325 e. The molecule has 0 saturated heterocycles. The van der Waals surface area contributed by atoms with Crippen LogP contribution in [0.5, 0.6) is 0 Å². The van der Waals surface area contributed by atoms with Gasteiger partial charge in [0.2, 0.25) is 5.91 Å². The van der Waals surface area contributed by atoms with E-state index >= 15 is 0 Å². The summed E-state index contributed by atoms with van der Waals surface area (Å²) in [6.07, 6.45) is -1.52. The van der Waals surface area contributed by atoms with Crippen LogP contribution in [0.1, 0.15) is 25.0 Å². The minimum absolute atomic E-state index is 0.0827. The van der Waals surface area contributed by atoms with E-state index in [2.05, 4.69) is 10.3 Å². The van der Waals surface area contributed by atoms with Gasteiger partial charge in [-0.2, -0.15) is 0 Å². The standard InChI is InChI=1S/C10H15N3O5/c1-5(14)11-3-2-7(15)8(16)6-4-12-10(18)13-9(6)17/h4,7-8,15-16H,2-3H2,1H3,(H,11,14)(H2,12,13,17,18). The smallest absolute Gasteiger partial charge is 0.325 e. The molecule has 0 spiro atoms. The van der Waals surface area contributed by atoms with Gasteiger partial charge >= 0.3 is 5.69 Å². The lowest BCUT2D eigenvalue weighted by atomic mass is 10.1. The van der Waals surface area contributed by atoms with Crippen molar-refractivity contribution < 1.29 is 15.0 Å². The molecule has 1 aromatic rings. The Balaban J connectivity index is 2.68. The highest BCUT2D eigenvalue weighted by atomic mass is 16.3. The van der Waals surface area contributed by atoms with Crippen LogP contribution < -0.4 is 16.6 Å². The fraction of sp³-hybridized carbons (Fsp3) is 0.500. The van der Waals surface area contributed by atoms with Gasteiger partial charge in [0, 0.05) is 19.7 Å². The molecule has 100 valence electrons. The first kappa shape index (κ1) is 14.1. The van der Waals surface area contributed by atoms with Gasteiger partial charge in [-0.3, -0.25) is 14.6 Å². The molecule has 2 unspecified atom stereocenters. The molecule has 18 heavy (non-hydrogen) atoms. The van der Waals surface area contributed by atoms with E-state index in [1.165, 1.54) is 6.92 Å². The van der Waals surface area contributed by atoms with Crippen molar-refractivity contribution in [2.24, 2.45) is 0 Å². The highest BCUT2D eigenvalue weighted by Gasteiger charge is 2.21. The maximum atomic E-state index is 11.4. The summed E-state index contributed by atoms with van der Waals surface area (Å²) in [7, 11) is 0. The Labute approximate surface area is 102 Å². The summed E-state index contributed by atoms with van der Waals surface area (Å²) in [4.78, 5) is 36.9. The van der Waals surface area contributed by atoms with Gasteiger partial charge in [-0.15, -0.1) is 0 Å². The lowest BCUT2D eigenvalue weighted by Crippen LogP contribution is -2.32. The van der Waals surface area contributed by atoms with Crippen LogP contribution in [0.25, 0.3) is 0 Å². The van der Waals surface area contributed by atoms with Crippen molar-refractivity contribution in [1.82, 2.24) is 15.3 Å². The number of hydrogen-bond donors (Lipinski definition) is 5. The van der Waals surface area contributed by atoms with Crippen molar-refractivity contribution in [3.63, 3.8) is 0 Å². The number of nitrogens with one attached hydrogen (secondary N) is 3. The SMILES string of the molecule is CC(=O)NCCC(O)C(O)c1c[nH]c(=O)[nH]c1=O. The van der Waals surface area contributed by atoms with Crippen LogP contribution in [-0.4, -0.2) is 38.7 Å². The van der Waals surface area contributed by atoms with Crippen molar-refractivity contribution in [3.05, 3.63) is 32.6 Å². The lowest BCUT2D eigenvalue weighted by molar-refractivity contribution is -0.119. The van der Waals surface area contributed by atoms with Crippen molar-refractivity contribution in [3.8, 4) is 0 Å². The number of aliphatic hydroxyl groups excluding tert-OH is 2. The molecular formula is C10H15N3O5. The third kappa shape index (κ3) is 3.82. The zero-order valence-electron chi connectivity index (χ0n) is 9.77. The normalized spacial score (nSPS) is 13.9. The van der Waals surface area contributed by atoms with Gasteiger partial charge in [-0.05, 0) is 6.42 Å². The van der Waals surface area contributed by atoms with Gasteiger partial charge in [-0.1, -0.05) is 0 Å². The number of aromatic nitrogens is 2.